The third kappa shape index (κ3) is 5.96. The van der Waals surface area contributed by atoms with Crippen molar-refractivity contribution >= 4 is 95.9 Å². The SMILES string of the molecule is COc1cc(/C=C2\SC(=S)N(c3cccc4ccccc34)C2=O)ccc1OCC(=O)Nc1ccc(Br)c(Cl)c1. The molecule has 1 aliphatic heterocycles. The Bertz CT molecular complexity index is 1650. The predicted molar refractivity (Wildman–Crippen MR) is 166 cm³/mol. The molecule has 4 aromatic rings. The number of hydrogen-bond donors (Lipinski definition) is 1. The molecule has 1 N–H and O–H groups in total. The molecular formula is C29H20BrClN2O4S2. The number of rotatable bonds is 7. The molecule has 39 heavy (non-hydrogen) atoms. The van der Waals surface area contributed by atoms with Crippen LogP contribution in [0.1, 0.15) is 5.56 Å². The van der Waals surface area contributed by atoms with E-state index >= 15 is 0 Å². The summed E-state index contributed by atoms with van der Waals surface area (Å²) in [6, 6.07) is 24.0. The Hall–Kier alpha value is -3.37. The maximum Gasteiger partial charge on any atom is 0.270 e. The molecule has 196 valence electrons. The topological polar surface area (TPSA) is 67.9 Å². The van der Waals surface area contributed by atoms with Gasteiger partial charge < -0.3 is 14.8 Å². The first-order valence-electron chi connectivity index (χ1n) is 11.7. The van der Waals surface area contributed by atoms with Crippen LogP contribution in [-0.4, -0.2) is 29.9 Å². The molecule has 10 heteroatoms. The summed E-state index contributed by atoms with van der Waals surface area (Å²) in [7, 11) is 1.51. The van der Waals surface area contributed by atoms with Gasteiger partial charge in [0.1, 0.15) is 0 Å². The number of hydrogen-bond acceptors (Lipinski definition) is 6. The normalized spacial score (nSPS) is 14.2. The second-order valence-corrected chi connectivity index (χ2v) is 11.3. The summed E-state index contributed by atoms with van der Waals surface area (Å²) in [6.45, 7) is -0.229. The number of nitrogens with one attached hydrogen (secondary N) is 1. The van der Waals surface area contributed by atoms with Gasteiger partial charge in [-0.2, -0.15) is 0 Å². The monoisotopic (exact) mass is 638 g/mol. The van der Waals surface area contributed by atoms with Crippen molar-refractivity contribution in [1.29, 1.82) is 0 Å². The Balaban J connectivity index is 1.30. The highest BCUT2D eigenvalue weighted by atomic mass is 79.9. The molecule has 0 atom stereocenters. The molecule has 1 heterocycles. The van der Waals surface area contributed by atoms with Crippen molar-refractivity contribution in [3.8, 4) is 11.5 Å². The van der Waals surface area contributed by atoms with Gasteiger partial charge in [0.05, 0.1) is 22.7 Å². The molecule has 0 aromatic heterocycles. The van der Waals surface area contributed by atoms with Crippen LogP contribution in [0.15, 0.2) is 88.2 Å². The first-order chi connectivity index (χ1) is 18.8. The van der Waals surface area contributed by atoms with E-state index in [0.29, 0.717) is 31.4 Å². The Kier molecular flexibility index (Phi) is 8.23. The number of amides is 2. The summed E-state index contributed by atoms with van der Waals surface area (Å²) >= 11 is 16.2. The maximum absolute atomic E-state index is 13.4. The second kappa shape index (κ2) is 11.8. The Labute approximate surface area is 248 Å². The molecule has 2 amide bonds. The van der Waals surface area contributed by atoms with Gasteiger partial charge in [-0.15, -0.1) is 0 Å². The zero-order valence-electron chi connectivity index (χ0n) is 20.4. The molecule has 0 saturated carbocycles. The van der Waals surface area contributed by atoms with Gasteiger partial charge in [0, 0.05) is 15.5 Å². The minimum atomic E-state index is -0.350. The van der Waals surface area contributed by atoms with E-state index in [4.69, 9.17) is 33.3 Å². The summed E-state index contributed by atoms with van der Waals surface area (Å²) in [5.74, 6) is 0.275. The largest absolute Gasteiger partial charge is 0.493 e. The van der Waals surface area contributed by atoms with Crippen LogP contribution in [0, 0.1) is 0 Å². The molecule has 0 spiro atoms. The zero-order valence-corrected chi connectivity index (χ0v) is 24.4. The molecule has 0 unspecified atom stereocenters. The van der Waals surface area contributed by atoms with Crippen molar-refractivity contribution in [1.82, 2.24) is 0 Å². The zero-order chi connectivity index (χ0) is 27.5. The minimum absolute atomic E-state index is 0.189. The molecule has 0 radical (unpaired) electrons. The molecule has 0 bridgehead atoms. The molecular weight excluding hydrogens is 620 g/mol. The maximum atomic E-state index is 13.4. The highest BCUT2D eigenvalue weighted by Crippen LogP contribution is 2.39. The first kappa shape index (κ1) is 27.2. The average molecular weight is 640 g/mol. The van der Waals surface area contributed by atoms with Gasteiger partial charge in [-0.05, 0) is 69.4 Å². The molecule has 4 aromatic carbocycles. The molecule has 6 nitrogen and oxygen atoms in total. The number of anilines is 2. The van der Waals surface area contributed by atoms with Crippen molar-refractivity contribution in [2.75, 3.05) is 23.9 Å². The van der Waals surface area contributed by atoms with E-state index in [-0.39, 0.29) is 18.4 Å². The van der Waals surface area contributed by atoms with E-state index in [0.717, 1.165) is 26.5 Å². The quantitative estimate of drug-likeness (QED) is 0.165. The molecule has 5 rings (SSSR count). The van der Waals surface area contributed by atoms with Crippen LogP contribution in [0.4, 0.5) is 11.4 Å². The first-order valence-corrected chi connectivity index (χ1v) is 14.0. The van der Waals surface area contributed by atoms with Crippen molar-refractivity contribution < 1.29 is 19.1 Å². The van der Waals surface area contributed by atoms with Crippen LogP contribution < -0.4 is 19.7 Å². The molecule has 1 fully saturated rings. The lowest BCUT2D eigenvalue weighted by atomic mass is 10.1. The van der Waals surface area contributed by atoms with Gasteiger partial charge in [-0.1, -0.05) is 78.0 Å². The molecule has 1 saturated heterocycles. The van der Waals surface area contributed by atoms with Gasteiger partial charge in [0.2, 0.25) is 0 Å². The number of thioether (sulfide) groups is 1. The lowest BCUT2D eigenvalue weighted by Gasteiger charge is -2.17. The highest BCUT2D eigenvalue weighted by Gasteiger charge is 2.34. The van der Waals surface area contributed by atoms with Crippen molar-refractivity contribution in [2.45, 2.75) is 0 Å². The second-order valence-electron chi connectivity index (χ2n) is 8.39. The number of methoxy groups -OCH3 is 1. The Morgan fingerprint density at radius 1 is 1.08 bits per heavy atom. The van der Waals surface area contributed by atoms with E-state index in [9.17, 15) is 9.59 Å². The average Bonchev–Trinajstić information content (AvgIpc) is 3.21. The summed E-state index contributed by atoms with van der Waals surface area (Å²) < 4.78 is 12.4. The lowest BCUT2D eigenvalue weighted by molar-refractivity contribution is -0.118. The summed E-state index contributed by atoms with van der Waals surface area (Å²) in [4.78, 5) is 27.8. The summed E-state index contributed by atoms with van der Waals surface area (Å²) in [5, 5.41) is 5.21. The minimum Gasteiger partial charge on any atom is -0.493 e. The van der Waals surface area contributed by atoms with Gasteiger partial charge in [0.15, 0.2) is 22.4 Å². The number of halogens is 2. The third-order valence-corrected chi connectivity index (χ3v) is 8.38. The van der Waals surface area contributed by atoms with Gasteiger partial charge in [-0.25, -0.2) is 0 Å². The van der Waals surface area contributed by atoms with Crippen molar-refractivity contribution in [3.05, 3.63) is 98.8 Å². The fraction of sp³-hybridized carbons (Fsp3) is 0.0690. The summed E-state index contributed by atoms with van der Waals surface area (Å²) in [5.41, 5.74) is 2.04. The highest BCUT2D eigenvalue weighted by molar-refractivity contribution is 9.10. The summed E-state index contributed by atoms with van der Waals surface area (Å²) in [6.07, 6.45) is 1.76. The van der Waals surface area contributed by atoms with E-state index in [1.807, 2.05) is 42.5 Å². The number of thiocarbonyl (C=S) groups is 1. The van der Waals surface area contributed by atoms with Crippen LogP contribution in [-0.2, 0) is 9.59 Å². The Morgan fingerprint density at radius 3 is 2.67 bits per heavy atom. The van der Waals surface area contributed by atoms with Crippen molar-refractivity contribution in [2.24, 2.45) is 0 Å². The number of nitrogens with zero attached hydrogens (tertiary/aromatic N) is 1. The van der Waals surface area contributed by atoms with E-state index in [1.165, 1.54) is 18.9 Å². The number of carbonyl (C=O) groups excluding carboxylic acids is 2. The molecule has 1 aliphatic rings. The van der Waals surface area contributed by atoms with E-state index in [1.54, 1.807) is 47.4 Å². The van der Waals surface area contributed by atoms with Crippen molar-refractivity contribution in [3.63, 3.8) is 0 Å². The standard InChI is InChI=1S/C29H20BrClN2O4S2/c1-36-25-13-17(9-12-24(25)37-16-27(34)32-19-10-11-21(30)22(31)15-19)14-26-28(35)33(29(38)39-26)23-8-4-6-18-5-2-3-7-20(18)23/h2-15H,16H2,1H3,(H,32,34)/b26-14-. The van der Waals surface area contributed by atoms with Crippen LogP contribution in [0.25, 0.3) is 16.8 Å². The number of ether oxygens (including phenoxy) is 2. The molecule has 0 aliphatic carbocycles. The number of benzene rings is 4. The van der Waals surface area contributed by atoms with Crippen LogP contribution in [0.3, 0.4) is 0 Å². The lowest BCUT2D eigenvalue weighted by Crippen LogP contribution is -2.27. The fourth-order valence-corrected chi connectivity index (χ4v) is 5.75. The van der Waals surface area contributed by atoms with E-state index < -0.39 is 0 Å². The smallest absolute Gasteiger partial charge is 0.270 e. The van der Waals surface area contributed by atoms with Crippen LogP contribution in [0.2, 0.25) is 5.02 Å². The van der Waals surface area contributed by atoms with Crippen LogP contribution in [0.5, 0.6) is 11.5 Å². The van der Waals surface area contributed by atoms with Gasteiger partial charge in [-0.3, -0.25) is 14.5 Å². The third-order valence-electron chi connectivity index (χ3n) is 5.85. The fourth-order valence-electron chi connectivity index (χ4n) is 4.04. The number of fused-ring (bicyclic) bond motifs is 1. The van der Waals surface area contributed by atoms with E-state index in [2.05, 4.69) is 21.2 Å². The van der Waals surface area contributed by atoms with Crippen LogP contribution >= 0.6 is 51.5 Å². The Morgan fingerprint density at radius 2 is 1.87 bits per heavy atom. The predicted octanol–water partition coefficient (Wildman–Crippen LogP) is 7.69. The number of carbonyl (C=O) groups is 2. The van der Waals surface area contributed by atoms with Gasteiger partial charge in [0.25, 0.3) is 11.8 Å². The van der Waals surface area contributed by atoms with Gasteiger partial charge >= 0.3 is 0 Å².